The van der Waals surface area contributed by atoms with Crippen molar-refractivity contribution in [2.45, 2.75) is 54.3 Å². The lowest BCUT2D eigenvalue weighted by Crippen LogP contribution is -2.76. The van der Waals surface area contributed by atoms with Crippen LogP contribution in [0.3, 0.4) is 0 Å². The normalized spacial score (nSPS) is 17.8. The van der Waals surface area contributed by atoms with E-state index in [2.05, 4.69) is 4.74 Å². The van der Waals surface area contributed by atoms with Gasteiger partial charge in [0.1, 0.15) is 0 Å². The van der Waals surface area contributed by atoms with E-state index in [0.717, 1.165) is 0 Å². The van der Waals surface area contributed by atoms with Crippen LogP contribution in [0.2, 0.25) is 0 Å². The standard InChI is InChI=1S/C11H8F16O/c1-28-3-2-5(14,15)7(18,11(25,26)27)9(21,22)10(23,24)8(19,20)6(16,17)4(12)13/h4H,2-3H2,1H3. The third-order valence-corrected chi connectivity index (χ3v) is 3.43. The van der Waals surface area contributed by atoms with Crippen molar-refractivity contribution in [1.82, 2.24) is 0 Å². The van der Waals surface area contributed by atoms with Crippen molar-refractivity contribution in [2.24, 2.45) is 0 Å². The summed E-state index contributed by atoms with van der Waals surface area (Å²) >= 11 is 0. The summed E-state index contributed by atoms with van der Waals surface area (Å²) in [5, 5.41) is 0. The molecule has 0 aromatic rings. The maximum Gasteiger partial charge on any atom is 0.434 e. The number of ether oxygens (including phenoxy) is 1. The molecule has 0 spiro atoms. The molecule has 17 heteroatoms. The summed E-state index contributed by atoms with van der Waals surface area (Å²) in [6.07, 6.45) is -16.4. The largest absolute Gasteiger partial charge is 0.434 e. The average Bonchev–Trinajstić information content (AvgIpc) is 2.49. The summed E-state index contributed by atoms with van der Waals surface area (Å²) in [5.41, 5.74) is -7.88. The first-order valence-corrected chi connectivity index (χ1v) is 6.42. The van der Waals surface area contributed by atoms with E-state index in [4.69, 9.17) is 0 Å². The molecule has 1 nitrogen and oxygen atoms in total. The van der Waals surface area contributed by atoms with Gasteiger partial charge in [-0.3, -0.25) is 0 Å². The first-order valence-electron chi connectivity index (χ1n) is 6.42. The van der Waals surface area contributed by atoms with Crippen molar-refractivity contribution in [1.29, 1.82) is 0 Å². The predicted octanol–water partition coefficient (Wildman–Crippen LogP) is 5.74. The topological polar surface area (TPSA) is 9.23 Å². The molecule has 0 amide bonds. The van der Waals surface area contributed by atoms with Crippen molar-refractivity contribution in [3.8, 4) is 0 Å². The Morgan fingerprint density at radius 2 is 1.04 bits per heavy atom. The Kier molecular flexibility index (Phi) is 6.97. The Bertz CT molecular complexity index is 537. The lowest BCUT2D eigenvalue weighted by atomic mass is 9.81. The van der Waals surface area contributed by atoms with E-state index >= 15 is 0 Å². The van der Waals surface area contributed by atoms with Gasteiger partial charge < -0.3 is 4.74 Å². The number of halogens is 16. The van der Waals surface area contributed by atoms with Gasteiger partial charge in [0.2, 0.25) is 0 Å². The fraction of sp³-hybridized carbons (Fsp3) is 1.00. The van der Waals surface area contributed by atoms with Crippen LogP contribution in [-0.2, 0) is 4.74 Å². The van der Waals surface area contributed by atoms with E-state index in [-0.39, 0.29) is 0 Å². The number of hydrogen-bond donors (Lipinski definition) is 0. The van der Waals surface area contributed by atoms with Crippen LogP contribution in [0.4, 0.5) is 70.2 Å². The van der Waals surface area contributed by atoms with Gasteiger partial charge in [-0.05, 0) is 0 Å². The fourth-order valence-corrected chi connectivity index (χ4v) is 1.78. The minimum atomic E-state index is -8.36. The first-order chi connectivity index (χ1) is 12.0. The maximum atomic E-state index is 13.9. The molecule has 0 aromatic carbocycles. The highest BCUT2D eigenvalue weighted by Gasteiger charge is 2.95. The third-order valence-electron chi connectivity index (χ3n) is 3.43. The molecule has 170 valence electrons. The molecule has 0 aromatic heterocycles. The number of alkyl halides is 16. The number of rotatable bonds is 9. The highest BCUT2D eigenvalue weighted by molar-refractivity contribution is 5.18. The van der Waals surface area contributed by atoms with Crippen molar-refractivity contribution in [3.63, 3.8) is 0 Å². The van der Waals surface area contributed by atoms with Crippen LogP contribution in [0, 0.1) is 0 Å². The number of methoxy groups -OCH3 is 1. The van der Waals surface area contributed by atoms with E-state index in [1.54, 1.807) is 0 Å². The molecule has 0 fully saturated rings. The lowest BCUT2D eigenvalue weighted by Gasteiger charge is -2.45. The average molecular weight is 460 g/mol. The molecule has 0 saturated heterocycles. The quantitative estimate of drug-likeness (QED) is 0.400. The summed E-state index contributed by atoms with van der Waals surface area (Å²) in [7, 11) is 0.452. The fourth-order valence-electron chi connectivity index (χ4n) is 1.78. The highest BCUT2D eigenvalue weighted by Crippen LogP contribution is 2.64. The molecular weight excluding hydrogens is 452 g/mol. The van der Waals surface area contributed by atoms with Gasteiger partial charge in [-0.1, -0.05) is 0 Å². The van der Waals surface area contributed by atoms with Gasteiger partial charge in [0.05, 0.1) is 6.61 Å². The number of hydrogen-bond acceptors (Lipinski definition) is 1. The summed E-state index contributed by atoms with van der Waals surface area (Å²) < 4.78 is 211. The zero-order valence-electron chi connectivity index (χ0n) is 12.9. The first kappa shape index (κ1) is 26.8. The van der Waals surface area contributed by atoms with Gasteiger partial charge in [-0.25, -0.2) is 22.0 Å². The Hall–Kier alpha value is -1.16. The molecule has 28 heavy (non-hydrogen) atoms. The minimum Gasteiger partial charge on any atom is -0.384 e. The molecule has 0 saturated carbocycles. The van der Waals surface area contributed by atoms with Crippen molar-refractivity contribution in [2.75, 3.05) is 13.7 Å². The molecule has 0 aliphatic carbocycles. The molecule has 1 atom stereocenters. The Labute approximate surface area is 144 Å². The van der Waals surface area contributed by atoms with E-state index in [1.807, 2.05) is 0 Å². The highest BCUT2D eigenvalue weighted by atomic mass is 19.4. The Morgan fingerprint density at radius 3 is 1.32 bits per heavy atom. The molecular formula is C11H8F16O. The van der Waals surface area contributed by atoms with Crippen LogP contribution in [0.15, 0.2) is 0 Å². The van der Waals surface area contributed by atoms with Gasteiger partial charge in [-0.15, -0.1) is 0 Å². The Morgan fingerprint density at radius 1 is 0.643 bits per heavy atom. The van der Waals surface area contributed by atoms with Crippen LogP contribution >= 0.6 is 0 Å². The van der Waals surface area contributed by atoms with E-state index < -0.39 is 60.9 Å². The van der Waals surface area contributed by atoms with E-state index in [1.165, 1.54) is 0 Å². The van der Waals surface area contributed by atoms with Crippen molar-refractivity contribution >= 4 is 0 Å². The van der Waals surface area contributed by atoms with Gasteiger partial charge in [0.15, 0.2) is 0 Å². The predicted molar refractivity (Wildman–Crippen MR) is 57.1 cm³/mol. The minimum absolute atomic E-state index is 0.452. The van der Waals surface area contributed by atoms with Crippen molar-refractivity contribution in [3.05, 3.63) is 0 Å². The summed E-state index contributed by atoms with van der Waals surface area (Å²) in [4.78, 5) is 0. The second-order valence-electron chi connectivity index (χ2n) is 5.25. The van der Waals surface area contributed by atoms with E-state index in [0.29, 0.717) is 7.11 Å². The van der Waals surface area contributed by atoms with E-state index in [9.17, 15) is 70.2 Å². The second kappa shape index (κ2) is 7.27. The van der Waals surface area contributed by atoms with Gasteiger partial charge in [0.25, 0.3) is 5.92 Å². The molecule has 1 unspecified atom stereocenters. The smallest absolute Gasteiger partial charge is 0.384 e. The monoisotopic (exact) mass is 460 g/mol. The molecule has 0 heterocycles. The van der Waals surface area contributed by atoms with Crippen molar-refractivity contribution < 1.29 is 75.0 Å². The zero-order valence-corrected chi connectivity index (χ0v) is 12.9. The van der Waals surface area contributed by atoms with Gasteiger partial charge >= 0.3 is 42.0 Å². The summed E-state index contributed by atoms with van der Waals surface area (Å²) in [5.74, 6) is -38.9. The van der Waals surface area contributed by atoms with Gasteiger partial charge in [0, 0.05) is 13.5 Å². The molecule has 0 aliphatic rings. The summed E-state index contributed by atoms with van der Waals surface area (Å²) in [6, 6.07) is 0. The van der Waals surface area contributed by atoms with Crippen LogP contribution in [0.5, 0.6) is 0 Å². The van der Waals surface area contributed by atoms with Crippen LogP contribution < -0.4 is 0 Å². The molecule has 0 aliphatic heterocycles. The summed E-state index contributed by atoms with van der Waals surface area (Å²) in [6.45, 7) is -1.71. The second-order valence-corrected chi connectivity index (χ2v) is 5.25. The Balaban J connectivity index is 6.83. The molecule has 0 N–H and O–H groups in total. The zero-order chi connectivity index (χ0) is 23.2. The lowest BCUT2D eigenvalue weighted by molar-refractivity contribution is -0.447. The SMILES string of the molecule is COCCC(F)(F)C(F)(C(F)(F)F)C(F)(F)C(F)(F)C(F)(F)C(F)(F)C(F)F. The van der Waals surface area contributed by atoms with Crippen LogP contribution in [0.1, 0.15) is 6.42 Å². The van der Waals surface area contributed by atoms with Crippen LogP contribution in [-0.4, -0.2) is 61.6 Å². The molecule has 0 radical (unpaired) electrons. The third kappa shape index (κ3) is 3.46. The molecule has 0 bridgehead atoms. The van der Waals surface area contributed by atoms with Crippen LogP contribution in [0.25, 0.3) is 0 Å². The maximum absolute atomic E-state index is 13.9. The molecule has 0 rings (SSSR count). The van der Waals surface area contributed by atoms with Gasteiger partial charge in [-0.2, -0.15) is 48.3 Å².